The van der Waals surface area contributed by atoms with E-state index < -0.39 is 11.7 Å². The summed E-state index contributed by atoms with van der Waals surface area (Å²) in [7, 11) is 3.12. The summed E-state index contributed by atoms with van der Waals surface area (Å²) in [5.74, 6) is 1.22. The first-order chi connectivity index (χ1) is 21.0. The summed E-state index contributed by atoms with van der Waals surface area (Å²) >= 11 is 0. The zero-order valence-corrected chi connectivity index (χ0v) is 23.9. The molecule has 0 spiro atoms. The van der Waals surface area contributed by atoms with Gasteiger partial charge in [-0.3, -0.25) is 9.20 Å². The van der Waals surface area contributed by atoms with Crippen LogP contribution in [0.25, 0.3) is 28.2 Å². The number of nitrogens with one attached hydrogen (secondary N) is 2. The summed E-state index contributed by atoms with van der Waals surface area (Å²) < 4.78 is 26.7. The zero-order chi connectivity index (χ0) is 29.9. The summed E-state index contributed by atoms with van der Waals surface area (Å²) in [6.07, 6.45) is 3.50. The van der Waals surface area contributed by atoms with Crippen LogP contribution in [0.4, 0.5) is 15.9 Å². The number of rotatable bonds is 8. The minimum atomic E-state index is -0.510. The highest BCUT2D eigenvalue weighted by Crippen LogP contribution is 2.36. The van der Waals surface area contributed by atoms with Crippen molar-refractivity contribution in [3.05, 3.63) is 90.0 Å². The minimum absolute atomic E-state index is 0.136. The van der Waals surface area contributed by atoms with Gasteiger partial charge in [0.25, 0.3) is 5.91 Å². The van der Waals surface area contributed by atoms with Crippen molar-refractivity contribution in [2.45, 2.75) is 6.54 Å². The van der Waals surface area contributed by atoms with E-state index in [2.05, 4.69) is 32.7 Å². The van der Waals surface area contributed by atoms with Crippen LogP contribution in [0.1, 0.15) is 15.9 Å². The predicted molar refractivity (Wildman–Crippen MR) is 164 cm³/mol. The largest absolute Gasteiger partial charge is 0.496 e. The number of amides is 1. The van der Waals surface area contributed by atoms with Gasteiger partial charge in [-0.05, 0) is 42.0 Å². The van der Waals surface area contributed by atoms with Gasteiger partial charge in [0.2, 0.25) is 0 Å². The molecule has 0 bridgehead atoms. The Hall–Kier alpha value is -5.16. The Balaban J connectivity index is 1.28. The van der Waals surface area contributed by atoms with Crippen LogP contribution in [0.15, 0.2) is 73.1 Å². The number of nitrogens with zero attached hydrogens (tertiary/aromatic N) is 4. The second-order valence-corrected chi connectivity index (χ2v) is 10.2. The number of nitrogen functional groups attached to an aromatic ring is 1. The Morgan fingerprint density at radius 2 is 1.74 bits per heavy atom. The quantitative estimate of drug-likeness (QED) is 0.250. The molecule has 3 heterocycles. The van der Waals surface area contributed by atoms with Gasteiger partial charge < -0.3 is 30.7 Å². The number of halogens is 1. The van der Waals surface area contributed by atoms with Crippen LogP contribution in [-0.2, 0) is 6.54 Å². The van der Waals surface area contributed by atoms with Crippen molar-refractivity contribution in [2.75, 3.05) is 51.0 Å². The number of benzene rings is 3. The smallest absolute Gasteiger partial charge is 0.255 e. The van der Waals surface area contributed by atoms with E-state index in [4.69, 9.17) is 20.2 Å². The van der Waals surface area contributed by atoms with Gasteiger partial charge >= 0.3 is 0 Å². The zero-order valence-electron chi connectivity index (χ0n) is 23.9. The Bertz CT molecular complexity index is 1780. The van der Waals surface area contributed by atoms with Crippen molar-refractivity contribution in [3.63, 3.8) is 0 Å². The van der Waals surface area contributed by atoms with Gasteiger partial charge in [-0.1, -0.05) is 24.3 Å². The van der Waals surface area contributed by atoms with E-state index in [9.17, 15) is 9.18 Å². The molecule has 2 aromatic heterocycles. The van der Waals surface area contributed by atoms with Gasteiger partial charge in [0.05, 0.1) is 25.5 Å². The van der Waals surface area contributed by atoms with Crippen molar-refractivity contribution >= 4 is 22.9 Å². The molecule has 0 radical (unpaired) electrons. The van der Waals surface area contributed by atoms with Crippen molar-refractivity contribution in [1.82, 2.24) is 25.0 Å². The van der Waals surface area contributed by atoms with Gasteiger partial charge in [-0.25, -0.2) is 14.4 Å². The highest BCUT2D eigenvalue weighted by Gasteiger charge is 2.21. The summed E-state index contributed by atoms with van der Waals surface area (Å²) in [5, 5.41) is 6.21. The lowest BCUT2D eigenvalue weighted by molar-refractivity contribution is 0.0947. The average molecular weight is 582 g/mol. The van der Waals surface area contributed by atoms with Crippen LogP contribution in [0.3, 0.4) is 0 Å². The van der Waals surface area contributed by atoms with Gasteiger partial charge in [0.15, 0.2) is 0 Å². The van der Waals surface area contributed by atoms with Gasteiger partial charge in [-0.15, -0.1) is 0 Å². The SMILES string of the molecule is COc1ccc(F)cc1C(=O)NCc1ccc(-c2nc(-c3ccc(N4CCNCC4)c(OC)c3)n3ccnc(N)c23)cc1. The van der Waals surface area contributed by atoms with E-state index in [0.29, 0.717) is 28.6 Å². The standard InChI is InChI=1S/C32H32FN7O3/c1-42-26-10-8-23(33)18-24(26)32(41)37-19-20-3-5-21(6-4-20)28-29-30(34)36-13-16-40(29)31(38-28)22-7-9-25(27(17-22)43-2)39-14-11-35-12-15-39/h3-10,13,16-18,35H,11-12,14-15,19H2,1-2H3,(H2,34,36)(H,37,41). The molecule has 1 saturated heterocycles. The molecule has 0 unspecified atom stereocenters. The van der Waals surface area contributed by atoms with Gasteiger partial charge in [-0.2, -0.15) is 0 Å². The maximum Gasteiger partial charge on any atom is 0.255 e. The maximum absolute atomic E-state index is 13.7. The molecule has 10 nitrogen and oxygen atoms in total. The lowest BCUT2D eigenvalue weighted by atomic mass is 10.1. The van der Waals surface area contributed by atoms with Crippen LogP contribution >= 0.6 is 0 Å². The van der Waals surface area contributed by atoms with E-state index in [1.807, 2.05) is 40.9 Å². The number of methoxy groups -OCH3 is 2. The lowest BCUT2D eigenvalue weighted by Crippen LogP contribution is -2.43. The van der Waals surface area contributed by atoms with Gasteiger partial charge in [0.1, 0.15) is 40.2 Å². The van der Waals surface area contributed by atoms with E-state index in [1.54, 1.807) is 13.3 Å². The number of imidazole rings is 1. The summed E-state index contributed by atoms with van der Waals surface area (Å²) in [6, 6.07) is 17.6. The fourth-order valence-electron chi connectivity index (χ4n) is 5.37. The molecule has 1 aliphatic rings. The third kappa shape index (κ3) is 5.54. The Labute approximate surface area is 248 Å². The summed E-state index contributed by atoms with van der Waals surface area (Å²) in [6.45, 7) is 3.92. The number of fused-ring (bicyclic) bond motifs is 1. The van der Waals surface area contributed by atoms with E-state index in [-0.39, 0.29) is 12.1 Å². The molecule has 0 atom stereocenters. The van der Waals surface area contributed by atoms with Crippen molar-refractivity contribution in [3.8, 4) is 34.1 Å². The minimum Gasteiger partial charge on any atom is -0.496 e. The fourth-order valence-corrected chi connectivity index (χ4v) is 5.37. The van der Waals surface area contributed by atoms with E-state index >= 15 is 0 Å². The van der Waals surface area contributed by atoms with Crippen LogP contribution in [0.2, 0.25) is 0 Å². The molecule has 1 amide bonds. The number of hydrogen-bond acceptors (Lipinski definition) is 8. The number of hydrogen-bond donors (Lipinski definition) is 3. The Morgan fingerprint density at radius 3 is 2.49 bits per heavy atom. The van der Waals surface area contributed by atoms with Crippen molar-refractivity contribution in [1.29, 1.82) is 0 Å². The predicted octanol–water partition coefficient (Wildman–Crippen LogP) is 4.14. The maximum atomic E-state index is 13.7. The number of aromatic nitrogens is 3. The normalized spacial score (nSPS) is 13.2. The number of carbonyl (C=O) groups is 1. The van der Waals surface area contributed by atoms with E-state index in [1.165, 1.54) is 19.2 Å². The molecule has 220 valence electrons. The first kappa shape index (κ1) is 28.0. The molecule has 0 saturated carbocycles. The lowest BCUT2D eigenvalue weighted by Gasteiger charge is -2.30. The monoisotopic (exact) mass is 581 g/mol. The first-order valence-corrected chi connectivity index (χ1v) is 13.9. The highest BCUT2D eigenvalue weighted by atomic mass is 19.1. The molecule has 5 aromatic rings. The summed E-state index contributed by atoms with van der Waals surface area (Å²) in [5.41, 5.74) is 11.5. The molecular formula is C32H32FN7O3. The van der Waals surface area contributed by atoms with Gasteiger partial charge in [0, 0.05) is 56.2 Å². The van der Waals surface area contributed by atoms with Crippen LogP contribution in [0.5, 0.6) is 11.5 Å². The van der Waals surface area contributed by atoms with E-state index in [0.717, 1.165) is 60.4 Å². The molecule has 3 aromatic carbocycles. The number of carbonyl (C=O) groups excluding carboxylic acids is 1. The van der Waals surface area contributed by atoms with Crippen LogP contribution in [-0.4, -0.2) is 60.7 Å². The average Bonchev–Trinajstić information content (AvgIpc) is 3.45. The molecule has 11 heteroatoms. The molecular weight excluding hydrogens is 549 g/mol. The number of anilines is 2. The Morgan fingerprint density at radius 1 is 1.00 bits per heavy atom. The van der Waals surface area contributed by atoms with Crippen molar-refractivity contribution in [2.24, 2.45) is 0 Å². The molecule has 43 heavy (non-hydrogen) atoms. The second kappa shape index (κ2) is 12.0. The second-order valence-electron chi connectivity index (χ2n) is 10.2. The highest BCUT2D eigenvalue weighted by molar-refractivity contribution is 5.97. The number of nitrogens with two attached hydrogens (primary N) is 1. The Kier molecular flexibility index (Phi) is 7.80. The number of ether oxygens (including phenoxy) is 2. The molecule has 4 N–H and O–H groups in total. The molecule has 1 fully saturated rings. The molecule has 1 aliphatic heterocycles. The van der Waals surface area contributed by atoms with Crippen LogP contribution in [0, 0.1) is 5.82 Å². The molecule has 6 rings (SSSR count). The van der Waals surface area contributed by atoms with Crippen LogP contribution < -0.4 is 30.7 Å². The third-order valence-electron chi connectivity index (χ3n) is 7.57. The van der Waals surface area contributed by atoms with Crippen molar-refractivity contribution < 1.29 is 18.7 Å². The molecule has 0 aliphatic carbocycles. The summed E-state index contributed by atoms with van der Waals surface area (Å²) in [4.78, 5) is 24.4. The fraction of sp³-hybridized carbons (Fsp3) is 0.219. The third-order valence-corrected chi connectivity index (χ3v) is 7.57. The topological polar surface area (TPSA) is 119 Å². The first-order valence-electron chi connectivity index (χ1n) is 13.9. The number of piperazine rings is 1.